The maximum absolute atomic E-state index is 7.07. The van der Waals surface area contributed by atoms with Crippen molar-refractivity contribution in [2.24, 2.45) is 0 Å². The van der Waals surface area contributed by atoms with Gasteiger partial charge in [0.2, 0.25) is 0 Å². The molecule has 4 aromatic carbocycles. The largest absolute Gasteiger partial charge is 2.00 e. The zero-order valence-corrected chi connectivity index (χ0v) is 46.9. The van der Waals surface area contributed by atoms with E-state index in [4.69, 9.17) is 75.8 Å². The van der Waals surface area contributed by atoms with Gasteiger partial charge in [-0.3, -0.25) is 0 Å². The van der Waals surface area contributed by atoms with E-state index in [2.05, 4.69) is 56.1 Å². The molecule has 0 spiro atoms. The van der Waals surface area contributed by atoms with Crippen LogP contribution in [0.15, 0.2) is 109 Å². The number of hydrogen-bond donors (Lipinski definition) is 0. The molecule has 6 nitrogen and oxygen atoms in total. The predicted molar refractivity (Wildman–Crippen MR) is 294 cm³/mol. The van der Waals surface area contributed by atoms with Gasteiger partial charge in [0.25, 0.3) is 0 Å². The van der Waals surface area contributed by atoms with Crippen LogP contribution in [0.3, 0.4) is 0 Å². The van der Waals surface area contributed by atoms with Gasteiger partial charge in [-0.15, -0.1) is 22.1 Å². The van der Waals surface area contributed by atoms with E-state index in [-0.39, 0.29) is 19.5 Å². The van der Waals surface area contributed by atoms with Crippen molar-refractivity contribution >= 4 is 125 Å². The first-order chi connectivity index (χ1) is 33.3. The third-order valence-corrected chi connectivity index (χ3v) is 14.3. The summed E-state index contributed by atoms with van der Waals surface area (Å²) in [5, 5.41) is 3.93. The van der Waals surface area contributed by atoms with Crippen molar-refractivity contribution < 1.29 is 29.0 Å². The van der Waals surface area contributed by atoms with Crippen LogP contribution < -0.4 is 19.4 Å². The second-order valence-corrected chi connectivity index (χ2v) is 19.7. The van der Waals surface area contributed by atoms with Crippen LogP contribution in [0.25, 0.3) is 90.9 Å². The van der Waals surface area contributed by atoms with Crippen LogP contribution in [0.5, 0.6) is 11.5 Å². The van der Waals surface area contributed by atoms with Crippen molar-refractivity contribution in [3.8, 4) is 56.0 Å². The standard InChI is InChI=1S/C56H46Br2Cl4N4O2.Zn/c57-29-5-1-3-7-31-67-37-15-9-13-35(33-37)51-43-21-25-47(63-43)55(53-39(59)17-11-18-40(53)60)49-27-23-45(65-49)52(36-14-10-16-38(34-36)68-32-8-4-2-6-30-58)46-24-28-50(66-46)56(48-26-22-44(51)64-48)54-41(61)19-12-20-42(54)62;/h9-28,33-34H,1-8,29-32H2;/q-2;+2. The molecule has 7 aromatic rings. The van der Waals surface area contributed by atoms with E-state index in [1.54, 1.807) is 0 Å². The average molecular weight is 1170 g/mol. The van der Waals surface area contributed by atoms with Gasteiger partial charge in [0.1, 0.15) is 11.5 Å². The van der Waals surface area contributed by atoms with Crippen molar-refractivity contribution in [2.75, 3.05) is 23.9 Å². The van der Waals surface area contributed by atoms with E-state index in [1.165, 1.54) is 0 Å². The molecule has 2 aliphatic rings. The Balaban J connectivity index is 0.00000642. The van der Waals surface area contributed by atoms with E-state index in [0.29, 0.717) is 100 Å². The summed E-state index contributed by atoms with van der Waals surface area (Å²) in [6.45, 7) is 1.23. The maximum Gasteiger partial charge on any atom is 2.00 e. The van der Waals surface area contributed by atoms with E-state index in [1.807, 2.05) is 109 Å². The molecule has 0 aliphatic carbocycles. The molecule has 346 valence electrons. The van der Waals surface area contributed by atoms with Crippen LogP contribution in [0, 0.1) is 0 Å². The molecule has 13 heteroatoms. The van der Waals surface area contributed by atoms with Gasteiger partial charge < -0.3 is 19.4 Å². The third kappa shape index (κ3) is 11.8. The fourth-order valence-electron chi connectivity index (χ4n) is 8.63. The first-order valence-electron chi connectivity index (χ1n) is 22.8. The van der Waals surface area contributed by atoms with Gasteiger partial charge in [-0.1, -0.05) is 165 Å². The first kappa shape index (κ1) is 51.2. The number of aromatic nitrogens is 4. The molecule has 0 unspecified atom stereocenters. The van der Waals surface area contributed by atoms with E-state index >= 15 is 0 Å². The van der Waals surface area contributed by atoms with Crippen molar-refractivity contribution in [3.63, 3.8) is 0 Å². The van der Waals surface area contributed by atoms with Crippen LogP contribution in [-0.2, 0) is 19.5 Å². The Hall–Kier alpha value is -4.18. The molecule has 0 fully saturated rings. The third-order valence-electron chi connectivity index (χ3n) is 11.9. The van der Waals surface area contributed by atoms with Crippen molar-refractivity contribution in [1.29, 1.82) is 0 Å². The molecule has 2 aliphatic heterocycles. The van der Waals surface area contributed by atoms with Crippen LogP contribution in [-0.4, -0.2) is 33.8 Å². The van der Waals surface area contributed by atoms with Gasteiger partial charge in [0.05, 0.1) is 36.0 Å². The topological polar surface area (TPSA) is 72.4 Å². The Morgan fingerprint density at radius 3 is 1.10 bits per heavy atom. The van der Waals surface area contributed by atoms with E-state index in [0.717, 1.165) is 95.8 Å². The molecular weight excluding hydrogens is 1130 g/mol. The molecule has 9 rings (SSSR count). The number of nitrogens with zero attached hydrogens (tertiary/aromatic N) is 4. The number of fused-ring (bicyclic) bond motifs is 8. The van der Waals surface area contributed by atoms with Gasteiger partial charge in [-0.05, 0) is 132 Å². The van der Waals surface area contributed by atoms with Crippen LogP contribution >= 0.6 is 78.3 Å². The number of alkyl halides is 2. The Bertz CT molecular complexity index is 2950. The summed E-state index contributed by atoms with van der Waals surface area (Å²) in [5.41, 5.74) is 11.3. The van der Waals surface area contributed by atoms with Crippen LogP contribution in [0.1, 0.15) is 74.1 Å². The van der Waals surface area contributed by atoms with Gasteiger partial charge in [0.15, 0.2) is 0 Å². The smallest absolute Gasteiger partial charge is 0.657 e. The number of benzene rings is 4. The molecule has 5 heterocycles. The monoisotopic (exact) mass is 1170 g/mol. The minimum atomic E-state index is 0. The normalized spacial score (nSPS) is 11.8. The number of halogens is 6. The Kier molecular flexibility index (Phi) is 18.0. The Morgan fingerprint density at radius 1 is 0.391 bits per heavy atom. The van der Waals surface area contributed by atoms with Crippen molar-refractivity contribution in [2.45, 2.75) is 51.4 Å². The van der Waals surface area contributed by atoms with Gasteiger partial charge >= 0.3 is 19.5 Å². The Morgan fingerprint density at radius 2 is 0.725 bits per heavy atom. The quantitative estimate of drug-likeness (QED) is 0.0484. The summed E-state index contributed by atoms with van der Waals surface area (Å²) in [6.07, 6.45) is 16.7. The Labute approximate surface area is 452 Å². The average Bonchev–Trinajstić information content (AvgIpc) is 4.19. The number of ether oxygens (including phenoxy) is 2. The van der Waals surface area contributed by atoms with Crippen LogP contribution in [0.2, 0.25) is 20.1 Å². The van der Waals surface area contributed by atoms with E-state index < -0.39 is 0 Å². The van der Waals surface area contributed by atoms with Gasteiger partial charge in [-0.25, -0.2) is 9.97 Å². The molecule has 0 atom stereocenters. The minimum Gasteiger partial charge on any atom is -0.657 e. The number of rotatable bonds is 18. The van der Waals surface area contributed by atoms with Crippen molar-refractivity contribution in [3.05, 3.63) is 152 Å². The summed E-state index contributed by atoms with van der Waals surface area (Å²) in [6, 6.07) is 35.2. The molecule has 0 radical (unpaired) electrons. The molecule has 0 amide bonds. The second-order valence-electron chi connectivity index (χ2n) is 16.5. The number of hydrogen-bond acceptors (Lipinski definition) is 4. The molecule has 3 aromatic heterocycles. The van der Waals surface area contributed by atoms with Gasteiger partial charge in [0, 0.05) is 41.9 Å². The fraction of sp³-hybridized carbons (Fsp3) is 0.214. The van der Waals surface area contributed by atoms with Crippen LogP contribution in [0.4, 0.5) is 0 Å². The summed E-state index contributed by atoms with van der Waals surface area (Å²) < 4.78 is 12.7. The molecule has 0 saturated carbocycles. The molecule has 8 bridgehead atoms. The van der Waals surface area contributed by atoms with Crippen molar-refractivity contribution in [1.82, 2.24) is 19.9 Å². The molecule has 69 heavy (non-hydrogen) atoms. The second kappa shape index (κ2) is 24.3. The first-order valence-corrected chi connectivity index (χ1v) is 26.6. The maximum atomic E-state index is 7.07. The fourth-order valence-corrected chi connectivity index (χ4v) is 10.6. The molecule has 0 N–H and O–H groups in total. The predicted octanol–water partition coefficient (Wildman–Crippen LogP) is 17.9. The minimum absolute atomic E-state index is 0. The summed E-state index contributed by atoms with van der Waals surface area (Å²) in [5.74, 6) is 1.52. The SMILES string of the molecule is Clc1cccc(Cl)c1-c1c2nc(c(-c3cccc(OCCCCCCBr)c3)c3ccc([n-]3)c(-c3c(Cl)cccc3Cl)c3nc(c(-c4cccc(OCCCCCCBr)c4)c4ccc1[n-]4)C=C3)C=C2.[Zn+2]. The molecule has 0 saturated heterocycles. The zero-order valence-electron chi connectivity index (χ0n) is 37.8. The zero-order chi connectivity index (χ0) is 47.0. The van der Waals surface area contributed by atoms with Gasteiger partial charge in [-0.2, -0.15) is 0 Å². The number of unbranched alkanes of at least 4 members (excludes halogenated alkanes) is 6. The molecular formula is C56H46Br2Cl4N4O2Zn. The van der Waals surface area contributed by atoms with E-state index in [9.17, 15) is 0 Å². The summed E-state index contributed by atoms with van der Waals surface area (Å²) in [7, 11) is 0. The summed E-state index contributed by atoms with van der Waals surface area (Å²) >= 11 is 35.4. The summed E-state index contributed by atoms with van der Waals surface area (Å²) in [4.78, 5) is 21.6.